The molecule has 1 aliphatic rings. The number of aromatic nitrogens is 3. The second-order valence-corrected chi connectivity index (χ2v) is 7.25. The number of carbonyl (C=O) groups excluding carboxylic acids is 1. The first-order valence-electron chi connectivity index (χ1n) is 8.05. The number of hydrogen-bond donors (Lipinski definition) is 0. The zero-order chi connectivity index (χ0) is 18.7. The molecule has 1 fully saturated rings. The summed E-state index contributed by atoms with van der Waals surface area (Å²) >= 11 is 6.31. The average Bonchev–Trinajstić information content (AvgIpc) is 3.04. The van der Waals surface area contributed by atoms with Gasteiger partial charge in [0.25, 0.3) is 0 Å². The minimum Gasteiger partial charge on any atom is -0.323 e. The molecule has 140 valence electrons. The molecule has 0 unspecified atom stereocenters. The van der Waals surface area contributed by atoms with Crippen LogP contribution in [0.4, 0.5) is 18.0 Å². The van der Waals surface area contributed by atoms with E-state index >= 15 is 0 Å². The monoisotopic (exact) mass is 404 g/mol. The fourth-order valence-electron chi connectivity index (χ4n) is 2.60. The standard InChI is InChI=1S/C16H16ClF3N4OS/c17-12-6-4-11(5-7-12)13-21-14(26-10-16(18,19)20)24(22-13)15(25)23-8-2-1-3-9-23/h4-7H,1-3,8-10H2. The quantitative estimate of drug-likeness (QED) is 0.695. The maximum absolute atomic E-state index is 12.7. The average molecular weight is 405 g/mol. The maximum Gasteiger partial charge on any atom is 0.398 e. The molecule has 0 aliphatic carbocycles. The second-order valence-electron chi connectivity index (χ2n) is 5.87. The van der Waals surface area contributed by atoms with Gasteiger partial charge in [-0.1, -0.05) is 23.4 Å². The molecule has 1 aromatic carbocycles. The van der Waals surface area contributed by atoms with E-state index in [9.17, 15) is 18.0 Å². The van der Waals surface area contributed by atoms with Gasteiger partial charge in [0.15, 0.2) is 11.0 Å². The minimum absolute atomic E-state index is 0.0668. The number of halogens is 4. The van der Waals surface area contributed by atoms with Gasteiger partial charge in [-0.05, 0) is 43.5 Å². The summed E-state index contributed by atoms with van der Waals surface area (Å²) in [5, 5.41) is 4.62. The Hall–Kier alpha value is -1.74. The van der Waals surface area contributed by atoms with Gasteiger partial charge in [-0.25, -0.2) is 9.78 Å². The van der Waals surface area contributed by atoms with Crippen molar-refractivity contribution in [2.24, 2.45) is 0 Å². The number of nitrogens with zero attached hydrogens (tertiary/aromatic N) is 4. The Balaban J connectivity index is 1.91. The normalized spacial score (nSPS) is 15.3. The lowest BCUT2D eigenvalue weighted by molar-refractivity contribution is -0.105. The molecule has 5 nitrogen and oxygen atoms in total. The summed E-state index contributed by atoms with van der Waals surface area (Å²) in [5.74, 6) is -0.948. The van der Waals surface area contributed by atoms with E-state index in [1.807, 2.05) is 0 Å². The summed E-state index contributed by atoms with van der Waals surface area (Å²) in [6.45, 7) is 1.14. The molecule has 0 spiro atoms. The Morgan fingerprint density at radius 1 is 1.15 bits per heavy atom. The van der Waals surface area contributed by atoms with Crippen LogP contribution in [-0.4, -0.2) is 50.7 Å². The highest BCUT2D eigenvalue weighted by molar-refractivity contribution is 7.99. The number of benzene rings is 1. The van der Waals surface area contributed by atoms with Gasteiger partial charge in [-0.15, -0.1) is 5.10 Å². The van der Waals surface area contributed by atoms with E-state index in [-0.39, 0.29) is 11.0 Å². The van der Waals surface area contributed by atoms with Gasteiger partial charge in [0, 0.05) is 23.7 Å². The first-order valence-corrected chi connectivity index (χ1v) is 9.42. The Morgan fingerprint density at radius 2 is 1.81 bits per heavy atom. The van der Waals surface area contributed by atoms with Crippen LogP contribution in [-0.2, 0) is 0 Å². The van der Waals surface area contributed by atoms with Crippen LogP contribution in [0, 0.1) is 0 Å². The molecule has 10 heteroatoms. The van der Waals surface area contributed by atoms with Crippen LogP contribution in [0.1, 0.15) is 19.3 Å². The maximum atomic E-state index is 12.7. The van der Waals surface area contributed by atoms with Crippen molar-refractivity contribution in [3.63, 3.8) is 0 Å². The number of piperidine rings is 1. The van der Waals surface area contributed by atoms with Crippen molar-refractivity contribution < 1.29 is 18.0 Å². The van der Waals surface area contributed by atoms with Crippen LogP contribution in [0.15, 0.2) is 29.4 Å². The highest BCUT2D eigenvalue weighted by Crippen LogP contribution is 2.29. The van der Waals surface area contributed by atoms with Gasteiger partial charge in [-0.3, -0.25) is 0 Å². The Kier molecular flexibility index (Phi) is 5.76. The van der Waals surface area contributed by atoms with Crippen LogP contribution < -0.4 is 0 Å². The SMILES string of the molecule is O=C(N1CCCCC1)n1nc(-c2ccc(Cl)cc2)nc1SCC(F)(F)F. The lowest BCUT2D eigenvalue weighted by Crippen LogP contribution is -2.39. The van der Waals surface area contributed by atoms with Crippen molar-refractivity contribution in [2.75, 3.05) is 18.8 Å². The van der Waals surface area contributed by atoms with Crippen LogP contribution in [0.3, 0.4) is 0 Å². The zero-order valence-corrected chi connectivity index (χ0v) is 15.2. The van der Waals surface area contributed by atoms with E-state index in [4.69, 9.17) is 11.6 Å². The van der Waals surface area contributed by atoms with E-state index in [1.54, 1.807) is 29.2 Å². The molecule has 0 radical (unpaired) electrons. The molecule has 3 rings (SSSR count). The van der Waals surface area contributed by atoms with Crippen molar-refractivity contribution in [3.05, 3.63) is 29.3 Å². The minimum atomic E-state index is -4.37. The van der Waals surface area contributed by atoms with E-state index in [2.05, 4.69) is 10.1 Å². The topological polar surface area (TPSA) is 51.0 Å². The molecule has 2 heterocycles. The van der Waals surface area contributed by atoms with Crippen LogP contribution >= 0.6 is 23.4 Å². The molecule has 1 aromatic heterocycles. The molecule has 0 saturated carbocycles. The fourth-order valence-corrected chi connectivity index (χ4v) is 3.41. The third kappa shape index (κ3) is 4.70. The predicted octanol–water partition coefficient (Wildman–Crippen LogP) is 4.71. The summed E-state index contributed by atoms with van der Waals surface area (Å²) in [6, 6.07) is 6.14. The van der Waals surface area contributed by atoms with E-state index in [0.29, 0.717) is 35.4 Å². The summed E-state index contributed by atoms with van der Waals surface area (Å²) in [4.78, 5) is 18.5. The Bertz CT molecular complexity index is 773. The lowest BCUT2D eigenvalue weighted by atomic mass is 10.1. The first-order chi connectivity index (χ1) is 12.3. The number of carbonyl (C=O) groups is 1. The summed E-state index contributed by atoms with van der Waals surface area (Å²) in [7, 11) is 0. The molecule has 0 atom stereocenters. The largest absolute Gasteiger partial charge is 0.398 e. The van der Waals surface area contributed by atoms with Crippen molar-refractivity contribution in [3.8, 4) is 11.4 Å². The Morgan fingerprint density at radius 3 is 2.42 bits per heavy atom. The zero-order valence-electron chi connectivity index (χ0n) is 13.7. The molecule has 0 N–H and O–H groups in total. The van der Waals surface area contributed by atoms with E-state index in [1.165, 1.54) is 0 Å². The molecular weight excluding hydrogens is 389 g/mol. The molecule has 1 aliphatic heterocycles. The van der Waals surface area contributed by atoms with Gasteiger partial charge in [-0.2, -0.15) is 17.9 Å². The van der Waals surface area contributed by atoms with Gasteiger partial charge < -0.3 is 4.90 Å². The molecule has 2 aromatic rings. The second kappa shape index (κ2) is 7.87. The van der Waals surface area contributed by atoms with Gasteiger partial charge in [0.05, 0.1) is 5.75 Å². The van der Waals surface area contributed by atoms with Gasteiger partial charge >= 0.3 is 12.2 Å². The fraction of sp³-hybridized carbons (Fsp3) is 0.438. The molecular formula is C16H16ClF3N4OS. The van der Waals surface area contributed by atoms with E-state index in [0.717, 1.165) is 23.9 Å². The number of alkyl halides is 3. The lowest BCUT2D eigenvalue weighted by Gasteiger charge is -2.26. The van der Waals surface area contributed by atoms with Crippen molar-refractivity contribution >= 4 is 29.4 Å². The van der Waals surface area contributed by atoms with Gasteiger partial charge in [0.1, 0.15) is 0 Å². The molecule has 1 amide bonds. The first kappa shape index (κ1) is 19.0. The summed E-state index contributed by atoms with van der Waals surface area (Å²) in [6.07, 6.45) is -1.59. The predicted molar refractivity (Wildman–Crippen MR) is 93.5 cm³/mol. The van der Waals surface area contributed by atoms with Crippen LogP contribution in [0.2, 0.25) is 5.02 Å². The van der Waals surface area contributed by atoms with Crippen LogP contribution in [0.5, 0.6) is 0 Å². The van der Waals surface area contributed by atoms with Crippen molar-refractivity contribution in [2.45, 2.75) is 30.6 Å². The van der Waals surface area contributed by atoms with Gasteiger partial charge in [0.2, 0.25) is 0 Å². The Labute approximate surface area is 157 Å². The number of rotatable bonds is 3. The van der Waals surface area contributed by atoms with E-state index < -0.39 is 18.0 Å². The van der Waals surface area contributed by atoms with Crippen LogP contribution in [0.25, 0.3) is 11.4 Å². The third-order valence-electron chi connectivity index (χ3n) is 3.85. The smallest absolute Gasteiger partial charge is 0.323 e. The van der Waals surface area contributed by atoms with Crippen molar-refractivity contribution in [1.29, 1.82) is 0 Å². The molecule has 26 heavy (non-hydrogen) atoms. The molecule has 1 saturated heterocycles. The number of likely N-dealkylation sites (tertiary alicyclic amines) is 1. The highest BCUT2D eigenvalue weighted by Gasteiger charge is 2.30. The summed E-state index contributed by atoms with van der Waals surface area (Å²) in [5.41, 5.74) is 0.577. The third-order valence-corrected chi connectivity index (χ3v) is 5.10. The number of hydrogen-bond acceptors (Lipinski definition) is 4. The number of thioether (sulfide) groups is 1. The highest BCUT2D eigenvalue weighted by atomic mass is 35.5. The summed E-state index contributed by atoms with van der Waals surface area (Å²) < 4.78 is 38.8. The van der Waals surface area contributed by atoms with Crippen molar-refractivity contribution in [1.82, 2.24) is 19.7 Å². The number of amides is 1. The molecule has 0 bridgehead atoms.